The lowest BCUT2D eigenvalue weighted by molar-refractivity contribution is 1.08. The van der Waals surface area contributed by atoms with Gasteiger partial charge < -0.3 is 10.3 Å². The maximum absolute atomic E-state index is 4.63. The van der Waals surface area contributed by atoms with Crippen LogP contribution in [0.5, 0.6) is 0 Å². The quantitative estimate of drug-likeness (QED) is 0.436. The third kappa shape index (κ3) is 2.99. The van der Waals surface area contributed by atoms with Crippen molar-refractivity contribution in [1.82, 2.24) is 30.1 Å². The highest BCUT2D eigenvalue weighted by Crippen LogP contribution is 2.27. The summed E-state index contributed by atoms with van der Waals surface area (Å²) in [7, 11) is 0. The van der Waals surface area contributed by atoms with E-state index < -0.39 is 0 Å². The number of rotatable bonds is 4. The number of fused-ring (bicyclic) bond motifs is 1. The molecular weight excluding hydrogens is 350 g/mol. The number of aromatic amines is 2. The lowest BCUT2D eigenvalue weighted by Gasteiger charge is -2.06. The summed E-state index contributed by atoms with van der Waals surface area (Å²) in [5, 5.41) is 10.6. The van der Waals surface area contributed by atoms with Crippen molar-refractivity contribution in [2.45, 2.75) is 6.92 Å². The van der Waals surface area contributed by atoms with Crippen molar-refractivity contribution in [3.05, 3.63) is 72.6 Å². The fourth-order valence-electron chi connectivity index (χ4n) is 3.04. The van der Waals surface area contributed by atoms with Crippen molar-refractivity contribution >= 4 is 22.5 Å². The van der Waals surface area contributed by atoms with Crippen LogP contribution in [0.15, 0.2) is 67.0 Å². The van der Waals surface area contributed by atoms with Crippen LogP contribution in [0, 0.1) is 6.92 Å². The molecule has 7 nitrogen and oxygen atoms in total. The minimum absolute atomic E-state index is 0.666. The van der Waals surface area contributed by atoms with Gasteiger partial charge in [-0.25, -0.2) is 15.0 Å². The second kappa shape index (κ2) is 6.62. The van der Waals surface area contributed by atoms with Crippen LogP contribution in [0.1, 0.15) is 5.56 Å². The summed E-state index contributed by atoms with van der Waals surface area (Å²) >= 11 is 0. The molecule has 0 radical (unpaired) electrons. The van der Waals surface area contributed by atoms with E-state index in [0.717, 1.165) is 22.3 Å². The summed E-state index contributed by atoms with van der Waals surface area (Å²) in [4.78, 5) is 16.9. The molecule has 0 amide bonds. The molecule has 0 saturated heterocycles. The molecule has 5 rings (SSSR count). The number of anilines is 2. The molecule has 0 unspecified atom stereocenters. The first kappa shape index (κ1) is 16.2. The van der Waals surface area contributed by atoms with E-state index in [1.165, 1.54) is 5.56 Å². The molecule has 0 spiro atoms. The molecule has 0 saturated carbocycles. The molecule has 3 heterocycles. The van der Waals surface area contributed by atoms with Crippen molar-refractivity contribution < 1.29 is 0 Å². The summed E-state index contributed by atoms with van der Waals surface area (Å²) in [6, 6.07) is 17.9. The summed E-state index contributed by atoms with van der Waals surface area (Å²) < 4.78 is 0. The van der Waals surface area contributed by atoms with Gasteiger partial charge in [-0.2, -0.15) is 5.10 Å². The summed E-state index contributed by atoms with van der Waals surface area (Å²) in [6.07, 6.45) is 3.53. The number of nitrogens with one attached hydrogen (secondary N) is 3. The van der Waals surface area contributed by atoms with Crippen LogP contribution < -0.4 is 5.32 Å². The Morgan fingerprint density at radius 2 is 1.79 bits per heavy atom. The van der Waals surface area contributed by atoms with Crippen LogP contribution in [-0.2, 0) is 0 Å². The Morgan fingerprint density at radius 1 is 0.929 bits per heavy atom. The van der Waals surface area contributed by atoms with Gasteiger partial charge in [0.05, 0.1) is 16.7 Å². The molecule has 0 bridgehead atoms. The van der Waals surface area contributed by atoms with Gasteiger partial charge >= 0.3 is 0 Å². The average Bonchev–Trinajstić information content (AvgIpc) is 3.35. The van der Waals surface area contributed by atoms with Crippen LogP contribution in [0.25, 0.3) is 33.9 Å². The van der Waals surface area contributed by atoms with Gasteiger partial charge in [0.2, 0.25) is 0 Å². The predicted octanol–water partition coefficient (Wildman–Crippen LogP) is 4.46. The van der Waals surface area contributed by atoms with E-state index in [1.54, 1.807) is 12.4 Å². The van der Waals surface area contributed by atoms with E-state index in [9.17, 15) is 0 Å². The van der Waals surface area contributed by atoms with Gasteiger partial charge in [0.25, 0.3) is 0 Å². The van der Waals surface area contributed by atoms with Crippen molar-refractivity contribution in [3.8, 4) is 22.9 Å². The van der Waals surface area contributed by atoms with Crippen LogP contribution in [-0.4, -0.2) is 30.1 Å². The van der Waals surface area contributed by atoms with E-state index in [4.69, 9.17) is 0 Å². The van der Waals surface area contributed by atoms with Gasteiger partial charge in [0.15, 0.2) is 17.3 Å². The highest BCUT2D eigenvalue weighted by Gasteiger charge is 2.14. The lowest BCUT2D eigenvalue weighted by atomic mass is 10.1. The van der Waals surface area contributed by atoms with Gasteiger partial charge in [-0.15, -0.1) is 0 Å². The zero-order valence-electron chi connectivity index (χ0n) is 15.1. The summed E-state index contributed by atoms with van der Waals surface area (Å²) in [5.41, 5.74) is 5.52. The number of nitrogens with zero attached hydrogens (tertiary/aromatic N) is 4. The number of para-hydroxylation sites is 2. The highest BCUT2D eigenvalue weighted by atomic mass is 15.2. The van der Waals surface area contributed by atoms with Crippen molar-refractivity contribution in [3.63, 3.8) is 0 Å². The van der Waals surface area contributed by atoms with E-state index in [2.05, 4.69) is 54.5 Å². The highest BCUT2D eigenvalue weighted by molar-refractivity contribution is 5.82. The molecule has 0 fully saturated rings. The molecule has 3 N–H and O–H groups in total. The minimum Gasteiger partial charge on any atom is -0.337 e. The lowest BCUT2D eigenvalue weighted by Crippen LogP contribution is -1.97. The van der Waals surface area contributed by atoms with E-state index in [0.29, 0.717) is 23.2 Å². The Hall–Kier alpha value is -4.00. The zero-order valence-corrected chi connectivity index (χ0v) is 15.1. The number of benzene rings is 2. The Balaban J connectivity index is 1.47. The number of aromatic nitrogens is 6. The molecule has 28 heavy (non-hydrogen) atoms. The van der Waals surface area contributed by atoms with Gasteiger partial charge in [0.1, 0.15) is 5.82 Å². The fraction of sp³-hybridized carbons (Fsp3) is 0.0476. The third-order valence-corrected chi connectivity index (χ3v) is 4.48. The zero-order chi connectivity index (χ0) is 18.9. The standard InChI is InChI=1S/C21H17N7/c1-13-6-8-14(9-7-13)20-22-11-10-18(27-20)24-17-12-23-28-19(17)21-25-15-4-2-3-5-16(15)26-21/h2-12H,1H3,(H,23,28)(H,25,26)(H,22,24,27). The van der Waals surface area contributed by atoms with Gasteiger partial charge in [-0.05, 0) is 25.1 Å². The normalized spacial score (nSPS) is 11.0. The predicted molar refractivity (Wildman–Crippen MR) is 109 cm³/mol. The number of hydrogen-bond donors (Lipinski definition) is 3. The second-order valence-electron chi connectivity index (χ2n) is 6.51. The SMILES string of the molecule is Cc1ccc(-c2nccc(Nc3c[nH]nc3-c3nc4ccccc4[nH]3)n2)cc1. The van der Waals surface area contributed by atoms with Crippen molar-refractivity contribution in [2.24, 2.45) is 0 Å². The maximum Gasteiger partial charge on any atom is 0.161 e. The molecule has 7 heteroatoms. The Labute approximate surface area is 160 Å². The fourth-order valence-corrected chi connectivity index (χ4v) is 3.04. The van der Waals surface area contributed by atoms with Crippen LogP contribution in [0.4, 0.5) is 11.5 Å². The minimum atomic E-state index is 0.666. The molecule has 0 aliphatic carbocycles. The summed E-state index contributed by atoms with van der Waals surface area (Å²) in [5.74, 6) is 2.04. The Morgan fingerprint density at radius 3 is 2.64 bits per heavy atom. The first-order valence-corrected chi connectivity index (χ1v) is 8.92. The Kier molecular flexibility index (Phi) is 3.83. The monoisotopic (exact) mass is 367 g/mol. The molecule has 0 aliphatic heterocycles. The van der Waals surface area contributed by atoms with Crippen molar-refractivity contribution in [1.29, 1.82) is 0 Å². The molecule has 136 valence electrons. The number of imidazole rings is 1. The molecular formula is C21H17N7. The van der Waals surface area contributed by atoms with E-state index >= 15 is 0 Å². The second-order valence-corrected chi connectivity index (χ2v) is 6.51. The number of aryl methyl sites for hydroxylation is 1. The molecule has 2 aromatic carbocycles. The van der Waals surface area contributed by atoms with Gasteiger partial charge in [-0.3, -0.25) is 5.10 Å². The van der Waals surface area contributed by atoms with Crippen LogP contribution >= 0.6 is 0 Å². The molecule has 0 atom stereocenters. The first-order valence-electron chi connectivity index (χ1n) is 8.92. The smallest absolute Gasteiger partial charge is 0.161 e. The molecule has 3 aromatic heterocycles. The summed E-state index contributed by atoms with van der Waals surface area (Å²) in [6.45, 7) is 2.06. The van der Waals surface area contributed by atoms with Crippen LogP contribution in [0.2, 0.25) is 0 Å². The maximum atomic E-state index is 4.63. The third-order valence-electron chi connectivity index (χ3n) is 4.48. The van der Waals surface area contributed by atoms with Crippen molar-refractivity contribution in [2.75, 3.05) is 5.32 Å². The number of hydrogen-bond acceptors (Lipinski definition) is 5. The first-order chi connectivity index (χ1) is 13.8. The van der Waals surface area contributed by atoms with E-state index in [-0.39, 0.29) is 0 Å². The van der Waals surface area contributed by atoms with Crippen LogP contribution in [0.3, 0.4) is 0 Å². The number of H-pyrrole nitrogens is 2. The topological polar surface area (TPSA) is 95.2 Å². The van der Waals surface area contributed by atoms with E-state index in [1.807, 2.05) is 42.5 Å². The largest absolute Gasteiger partial charge is 0.337 e. The molecule has 5 aromatic rings. The average molecular weight is 367 g/mol. The van der Waals surface area contributed by atoms with Gasteiger partial charge in [0, 0.05) is 18.0 Å². The Bertz CT molecular complexity index is 1220. The van der Waals surface area contributed by atoms with Gasteiger partial charge in [-0.1, -0.05) is 42.0 Å². The molecule has 0 aliphatic rings.